The van der Waals surface area contributed by atoms with E-state index in [1.54, 1.807) is 11.8 Å². The molecule has 1 aliphatic heterocycles. The molecule has 0 saturated carbocycles. The maximum absolute atomic E-state index is 9.09. The van der Waals surface area contributed by atoms with E-state index in [0.29, 0.717) is 12.5 Å². The molecule has 0 unspecified atom stereocenters. The number of likely N-dealkylation sites (tertiary alicyclic amines) is 1. The van der Waals surface area contributed by atoms with Gasteiger partial charge in [0.15, 0.2) is 0 Å². The molecular weight excluding hydrogens is 218 g/mol. The topological polar surface area (TPSA) is 23.5 Å². The normalized spacial score (nSPS) is 21.5. The first-order valence-electron chi connectivity index (χ1n) is 5.78. The predicted octanol–water partition coefficient (Wildman–Crippen LogP) is 2.22. The lowest BCUT2D eigenvalue weighted by molar-refractivity contribution is 0.220. The van der Waals surface area contributed by atoms with Crippen LogP contribution in [0.25, 0.3) is 0 Å². The van der Waals surface area contributed by atoms with E-state index in [-0.39, 0.29) is 0 Å². The summed E-state index contributed by atoms with van der Waals surface area (Å²) in [7, 11) is 0. The third-order valence-electron chi connectivity index (χ3n) is 3.19. The Morgan fingerprint density at radius 1 is 1.38 bits per heavy atom. The number of aliphatic hydroxyl groups is 1. The highest BCUT2D eigenvalue weighted by Crippen LogP contribution is 2.20. The van der Waals surface area contributed by atoms with Gasteiger partial charge in [-0.25, -0.2) is 0 Å². The molecule has 2 rings (SSSR count). The fourth-order valence-corrected chi connectivity index (χ4v) is 2.60. The van der Waals surface area contributed by atoms with Crippen molar-refractivity contribution in [1.29, 1.82) is 0 Å². The number of rotatable bonds is 4. The smallest absolute Gasteiger partial charge is 0.0471 e. The van der Waals surface area contributed by atoms with Crippen LogP contribution in [-0.2, 0) is 6.54 Å². The molecule has 1 heterocycles. The number of hydrogen-bond donors (Lipinski definition) is 1. The predicted molar refractivity (Wildman–Crippen MR) is 68.7 cm³/mol. The van der Waals surface area contributed by atoms with Gasteiger partial charge in [0.2, 0.25) is 0 Å². The van der Waals surface area contributed by atoms with Crippen molar-refractivity contribution in [3.8, 4) is 0 Å². The monoisotopic (exact) mass is 237 g/mol. The van der Waals surface area contributed by atoms with Crippen LogP contribution in [0.15, 0.2) is 29.2 Å². The summed E-state index contributed by atoms with van der Waals surface area (Å²) in [6.07, 6.45) is 3.24. The molecule has 1 N–H and O–H groups in total. The molecule has 88 valence electrons. The lowest BCUT2D eigenvalue weighted by atomic mass is 10.1. The second-order valence-electron chi connectivity index (χ2n) is 4.42. The molecule has 0 spiro atoms. The number of nitrogens with zero attached hydrogens (tertiary/aromatic N) is 1. The second-order valence-corrected chi connectivity index (χ2v) is 5.30. The van der Waals surface area contributed by atoms with Gasteiger partial charge in [-0.05, 0) is 42.8 Å². The van der Waals surface area contributed by atoms with Crippen LogP contribution in [0.4, 0.5) is 0 Å². The summed E-state index contributed by atoms with van der Waals surface area (Å²) in [6, 6.07) is 8.77. The summed E-state index contributed by atoms with van der Waals surface area (Å²) in [5.41, 5.74) is 1.37. The summed E-state index contributed by atoms with van der Waals surface area (Å²) in [6.45, 7) is 3.52. The SMILES string of the molecule is CSc1ccc(CN2CC[C@H](CO)C2)cc1. The van der Waals surface area contributed by atoms with Gasteiger partial charge in [0.25, 0.3) is 0 Å². The van der Waals surface area contributed by atoms with Crippen molar-refractivity contribution in [3.63, 3.8) is 0 Å². The van der Waals surface area contributed by atoms with Gasteiger partial charge in [-0.2, -0.15) is 0 Å². The minimum atomic E-state index is 0.335. The van der Waals surface area contributed by atoms with Crippen LogP contribution >= 0.6 is 11.8 Å². The van der Waals surface area contributed by atoms with Crippen molar-refractivity contribution in [1.82, 2.24) is 4.90 Å². The number of hydrogen-bond acceptors (Lipinski definition) is 3. The van der Waals surface area contributed by atoms with E-state index in [0.717, 1.165) is 26.1 Å². The van der Waals surface area contributed by atoms with Gasteiger partial charge in [-0.15, -0.1) is 11.8 Å². The minimum Gasteiger partial charge on any atom is -0.396 e. The van der Waals surface area contributed by atoms with Crippen molar-refractivity contribution >= 4 is 11.8 Å². The number of aliphatic hydroxyl groups excluding tert-OH is 1. The average molecular weight is 237 g/mol. The zero-order chi connectivity index (χ0) is 11.4. The molecule has 1 fully saturated rings. The van der Waals surface area contributed by atoms with E-state index >= 15 is 0 Å². The molecule has 0 aliphatic carbocycles. The summed E-state index contributed by atoms with van der Waals surface area (Å²) >= 11 is 1.78. The number of benzene rings is 1. The molecule has 2 nitrogen and oxygen atoms in total. The lowest BCUT2D eigenvalue weighted by Gasteiger charge is -2.15. The summed E-state index contributed by atoms with van der Waals surface area (Å²) in [5.74, 6) is 0.491. The maximum atomic E-state index is 9.09. The molecule has 0 radical (unpaired) electrons. The Balaban J connectivity index is 1.89. The Bertz CT molecular complexity index is 325. The van der Waals surface area contributed by atoms with Gasteiger partial charge in [-0.3, -0.25) is 4.90 Å². The highest BCUT2D eigenvalue weighted by molar-refractivity contribution is 7.98. The standard InChI is InChI=1S/C13H19NOS/c1-16-13-4-2-11(3-5-13)8-14-7-6-12(9-14)10-15/h2-5,12,15H,6-10H2,1H3/t12-/m0/s1. The first kappa shape index (κ1) is 12.0. The molecule has 1 aliphatic rings. The zero-order valence-electron chi connectivity index (χ0n) is 9.72. The first-order valence-corrected chi connectivity index (χ1v) is 7.00. The molecule has 1 aromatic carbocycles. The Kier molecular flexibility index (Phi) is 4.27. The molecule has 16 heavy (non-hydrogen) atoms. The van der Waals surface area contributed by atoms with E-state index < -0.39 is 0 Å². The average Bonchev–Trinajstić information content (AvgIpc) is 2.78. The van der Waals surface area contributed by atoms with E-state index in [1.165, 1.54) is 10.5 Å². The molecule has 0 amide bonds. The van der Waals surface area contributed by atoms with Gasteiger partial charge >= 0.3 is 0 Å². The fraction of sp³-hybridized carbons (Fsp3) is 0.538. The second kappa shape index (κ2) is 5.71. The third-order valence-corrected chi connectivity index (χ3v) is 3.94. The summed E-state index contributed by atoms with van der Waals surface area (Å²) in [4.78, 5) is 3.74. The summed E-state index contributed by atoms with van der Waals surface area (Å²) in [5, 5.41) is 9.09. The Morgan fingerprint density at radius 2 is 2.12 bits per heavy atom. The van der Waals surface area contributed by atoms with E-state index in [2.05, 4.69) is 35.4 Å². The van der Waals surface area contributed by atoms with Gasteiger partial charge in [0, 0.05) is 24.6 Å². The van der Waals surface area contributed by atoms with Crippen LogP contribution < -0.4 is 0 Å². The van der Waals surface area contributed by atoms with Crippen molar-refractivity contribution in [3.05, 3.63) is 29.8 Å². The molecule has 1 saturated heterocycles. The van der Waals surface area contributed by atoms with E-state index in [1.807, 2.05) is 0 Å². The van der Waals surface area contributed by atoms with Crippen molar-refractivity contribution in [2.24, 2.45) is 5.92 Å². The van der Waals surface area contributed by atoms with Crippen molar-refractivity contribution in [2.45, 2.75) is 17.9 Å². The molecule has 0 bridgehead atoms. The maximum Gasteiger partial charge on any atom is 0.0471 e. The van der Waals surface area contributed by atoms with Crippen LogP contribution in [0.3, 0.4) is 0 Å². The molecule has 0 aromatic heterocycles. The number of thioether (sulfide) groups is 1. The highest BCUT2D eigenvalue weighted by atomic mass is 32.2. The van der Waals surface area contributed by atoms with Crippen LogP contribution in [0.1, 0.15) is 12.0 Å². The Morgan fingerprint density at radius 3 is 2.69 bits per heavy atom. The minimum absolute atomic E-state index is 0.335. The van der Waals surface area contributed by atoms with Crippen molar-refractivity contribution in [2.75, 3.05) is 26.0 Å². The summed E-state index contributed by atoms with van der Waals surface area (Å²) < 4.78 is 0. The molecular formula is C13H19NOS. The highest BCUT2D eigenvalue weighted by Gasteiger charge is 2.21. The van der Waals surface area contributed by atoms with Crippen LogP contribution in [0, 0.1) is 5.92 Å². The molecule has 1 aromatic rings. The Labute approximate surface area is 102 Å². The first-order chi connectivity index (χ1) is 7.81. The van der Waals surface area contributed by atoms with Crippen LogP contribution in [0.5, 0.6) is 0 Å². The zero-order valence-corrected chi connectivity index (χ0v) is 10.5. The largest absolute Gasteiger partial charge is 0.396 e. The van der Waals surface area contributed by atoms with Gasteiger partial charge in [0.1, 0.15) is 0 Å². The molecule has 1 atom stereocenters. The Hall–Kier alpha value is -0.510. The lowest BCUT2D eigenvalue weighted by Crippen LogP contribution is -2.20. The fourth-order valence-electron chi connectivity index (χ4n) is 2.19. The quantitative estimate of drug-likeness (QED) is 0.812. The van der Waals surface area contributed by atoms with Crippen LogP contribution in [0.2, 0.25) is 0 Å². The van der Waals surface area contributed by atoms with E-state index in [4.69, 9.17) is 5.11 Å². The van der Waals surface area contributed by atoms with Gasteiger partial charge in [-0.1, -0.05) is 12.1 Å². The van der Waals surface area contributed by atoms with Gasteiger partial charge < -0.3 is 5.11 Å². The van der Waals surface area contributed by atoms with E-state index in [9.17, 15) is 0 Å². The van der Waals surface area contributed by atoms with Crippen molar-refractivity contribution < 1.29 is 5.11 Å². The third kappa shape index (κ3) is 3.00. The van der Waals surface area contributed by atoms with Crippen LogP contribution in [-0.4, -0.2) is 36.0 Å². The molecule has 3 heteroatoms. The van der Waals surface area contributed by atoms with Gasteiger partial charge in [0.05, 0.1) is 0 Å².